The zero-order chi connectivity index (χ0) is 17.9. The summed E-state index contributed by atoms with van der Waals surface area (Å²) in [6.07, 6.45) is -0.118. The molecule has 0 atom stereocenters. The van der Waals surface area contributed by atoms with Crippen LogP contribution >= 0.6 is 0 Å². The molecule has 1 aromatic carbocycles. The van der Waals surface area contributed by atoms with Crippen LogP contribution in [0.3, 0.4) is 0 Å². The van der Waals surface area contributed by atoms with Crippen LogP contribution < -0.4 is 5.32 Å². The Bertz CT molecular complexity index is 687. The first-order valence-electron chi connectivity index (χ1n) is 8.35. The van der Waals surface area contributed by atoms with E-state index in [0.717, 1.165) is 16.8 Å². The van der Waals surface area contributed by atoms with Crippen LogP contribution in [0.1, 0.15) is 31.2 Å². The highest BCUT2D eigenvalue weighted by molar-refractivity contribution is 5.78. The second-order valence-electron chi connectivity index (χ2n) is 6.47. The number of imidazole rings is 1. The van der Waals surface area contributed by atoms with E-state index in [1.165, 1.54) is 0 Å². The van der Waals surface area contributed by atoms with Crippen molar-refractivity contribution < 1.29 is 18.0 Å². The fourth-order valence-corrected chi connectivity index (χ4v) is 3.23. The Labute approximate surface area is 143 Å². The Hall–Kier alpha value is -2.31. The Morgan fingerprint density at radius 2 is 1.84 bits per heavy atom. The molecule has 1 aliphatic rings. The molecule has 25 heavy (non-hydrogen) atoms. The van der Waals surface area contributed by atoms with Crippen molar-refractivity contribution in [3.8, 4) is 11.3 Å². The quantitative estimate of drug-likeness (QED) is 0.873. The third-order valence-electron chi connectivity index (χ3n) is 4.79. The molecular formula is C18H20F3N3O. The van der Waals surface area contributed by atoms with E-state index in [9.17, 15) is 18.0 Å². The van der Waals surface area contributed by atoms with E-state index < -0.39 is 12.1 Å². The van der Waals surface area contributed by atoms with Crippen molar-refractivity contribution in [1.29, 1.82) is 0 Å². The number of nitrogens with one attached hydrogen (secondary N) is 2. The Morgan fingerprint density at radius 1 is 1.16 bits per heavy atom. The van der Waals surface area contributed by atoms with Gasteiger partial charge in [-0.1, -0.05) is 24.3 Å². The summed E-state index contributed by atoms with van der Waals surface area (Å²) in [6.45, 7) is 0.376. The first-order valence-corrected chi connectivity index (χ1v) is 8.35. The third-order valence-corrected chi connectivity index (χ3v) is 4.79. The average Bonchev–Trinajstić information content (AvgIpc) is 3.14. The highest BCUT2D eigenvalue weighted by Crippen LogP contribution is 2.39. The molecule has 0 radical (unpaired) electrons. The number of amides is 1. The molecule has 0 unspecified atom stereocenters. The molecule has 4 nitrogen and oxygen atoms in total. The standard InChI is InChI=1S/C18H20F3N3O/c19-18(20,21)15-7-5-14(6-8-15)17(25)23-9-12-1-3-13(4-2-12)16-10-22-11-24-16/h1-4,10-11,14-15H,5-9H2,(H,22,24)(H,23,25). The van der Waals surface area contributed by atoms with Crippen molar-refractivity contribution >= 4 is 5.91 Å². The van der Waals surface area contributed by atoms with Gasteiger partial charge in [-0.05, 0) is 36.8 Å². The third kappa shape index (κ3) is 4.41. The lowest BCUT2D eigenvalue weighted by atomic mass is 9.81. The van der Waals surface area contributed by atoms with E-state index in [1.54, 1.807) is 12.5 Å². The van der Waals surface area contributed by atoms with E-state index >= 15 is 0 Å². The molecular weight excluding hydrogens is 331 g/mol. The molecule has 1 aliphatic carbocycles. The van der Waals surface area contributed by atoms with Crippen LogP contribution in [0.15, 0.2) is 36.8 Å². The predicted octanol–water partition coefficient (Wildman–Crippen LogP) is 4.06. The van der Waals surface area contributed by atoms with E-state index in [1.807, 2.05) is 24.3 Å². The highest BCUT2D eigenvalue weighted by atomic mass is 19.4. The first-order chi connectivity index (χ1) is 11.9. The van der Waals surface area contributed by atoms with Crippen LogP contribution in [0.2, 0.25) is 0 Å². The number of halogens is 3. The molecule has 0 spiro atoms. The van der Waals surface area contributed by atoms with Gasteiger partial charge in [-0.25, -0.2) is 4.98 Å². The van der Waals surface area contributed by atoms with Gasteiger partial charge < -0.3 is 10.3 Å². The maximum atomic E-state index is 12.7. The maximum Gasteiger partial charge on any atom is 0.391 e. The number of nitrogens with zero attached hydrogens (tertiary/aromatic N) is 1. The summed E-state index contributed by atoms with van der Waals surface area (Å²) in [5.41, 5.74) is 2.86. The number of H-pyrrole nitrogens is 1. The zero-order valence-electron chi connectivity index (χ0n) is 13.6. The van der Waals surface area contributed by atoms with E-state index in [4.69, 9.17) is 0 Å². The Balaban J connectivity index is 1.48. The minimum absolute atomic E-state index is 0.0421. The average molecular weight is 351 g/mol. The molecule has 7 heteroatoms. The topological polar surface area (TPSA) is 57.8 Å². The predicted molar refractivity (Wildman–Crippen MR) is 87.4 cm³/mol. The van der Waals surface area contributed by atoms with Crippen LogP contribution in [0.25, 0.3) is 11.3 Å². The lowest BCUT2D eigenvalue weighted by molar-refractivity contribution is -0.184. The second kappa shape index (κ2) is 7.29. The molecule has 1 saturated carbocycles. The first kappa shape index (κ1) is 17.5. The number of hydrogen-bond acceptors (Lipinski definition) is 2. The summed E-state index contributed by atoms with van der Waals surface area (Å²) in [5.74, 6) is -1.73. The fraction of sp³-hybridized carbons (Fsp3) is 0.444. The molecule has 1 heterocycles. The SMILES string of the molecule is O=C(NCc1ccc(-c2cnc[nH]2)cc1)C1CCC(C(F)(F)F)CC1. The molecule has 0 bridgehead atoms. The summed E-state index contributed by atoms with van der Waals surface area (Å²) in [6, 6.07) is 7.70. The van der Waals surface area contributed by atoms with Gasteiger partial charge in [0.05, 0.1) is 24.1 Å². The molecule has 2 aromatic rings. The monoisotopic (exact) mass is 351 g/mol. The summed E-state index contributed by atoms with van der Waals surface area (Å²) < 4.78 is 38.0. The molecule has 0 aliphatic heterocycles. The largest absolute Gasteiger partial charge is 0.391 e. The molecule has 1 amide bonds. The number of hydrogen-bond donors (Lipinski definition) is 2. The lowest BCUT2D eigenvalue weighted by Crippen LogP contribution is -2.35. The minimum Gasteiger partial charge on any atom is -0.352 e. The number of aromatic nitrogens is 2. The molecule has 134 valence electrons. The summed E-state index contributed by atoms with van der Waals surface area (Å²) in [4.78, 5) is 19.2. The van der Waals surface area contributed by atoms with Crippen LogP contribution in [-0.2, 0) is 11.3 Å². The molecule has 3 rings (SSSR count). The fourth-order valence-electron chi connectivity index (χ4n) is 3.23. The zero-order valence-corrected chi connectivity index (χ0v) is 13.6. The van der Waals surface area contributed by atoms with E-state index in [-0.39, 0.29) is 24.7 Å². The van der Waals surface area contributed by atoms with Gasteiger partial charge in [0.15, 0.2) is 0 Å². The number of alkyl halides is 3. The normalized spacial score (nSPS) is 21.1. The minimum atomic E-state index is -4.14. The molecule has 0 saturated heterocycles. The van der Waals surface area contributed by atoms with Gasteiger partial charge in [-0.3, -0.25) is 4.79 Å². The van der Waals surface area contributed by atoms with Gasteiger partial charge >= 0.3 is 6.18 Å². The van der Waals surface area contributed by atoms with Gasteiger partial charge in [-0.15, -0.1) is 0 Å². The van der Waals surface area contributed by atoms with Crippen LogP contribution in [-0.4, -0.2) is 22.1 Å². The number of rotatable bonds is 4. The van der Waals surface area contributed by atoms with Crippen LogP contribution in [0.4, 0.5) is 13.2 Å². The van der Waals surface area contributed by atoms with Gasteiger partial charge in [0.25, 0.3) is 0 Å². The lowest BCUT2D eigenvalue weighted by Gasteiger charge is -2.29. The van der Waals surface area contributed by atoms with Gasteiger partial charge in [0, 0.05) is 12.5 Å². The molecule has 1 fully saturated rings. The van der Waals surface area contributed by atoms with E-state index in [2.05, 4.69) is 15.3 Å². The summed E-state index contributed by atoms with van der Waals surface area (Å²) in [7, 11) is 0. The summed E-state index contributed by atoms with van der Waals surface area (Å²) >= 11 is 0. The smallest absolute Gasteiger partial charge is 0.352 e. The van der Waals surface area contributed by atoms with Crippen molar-refractivity contribution in [3.05, 3.63) is 42.4 Å². The summed E-state index contributed by atoms with van der Waals surface area (Å²) in [5, 5.41) is 2.84. The molecule has 2 N–H and O–H groups in total. The maximum absolute atomic E-state index is 12.7. The second-order valence-corrected chi connectivity index (χ2v) is 6.47. The van der Waals surface area contributed by atoms with Crippen molar-refractivity contribution in [3.63, 3.8) is 0 Å². The number of aromatic amines is 1. The van der Waals surface area contributed by atoms with Crippen molar-refractivity contribution in [2.45, 2.75) is 38.4 Å². The number of benzene rings is 1. The molecule has 1 aromatic heterocycles. The number of carbonyl (C=O) groups excluding carboxylic acids is 1. The number of carbonyl (C=O) groups is 1. The van der Waals surface area contributed by atoms with Gasteiger partial charge in [0.1, 0.15) is 0 Å². The van der Waals surface area contributed by atoms with Crippen LogP contribution in [0, 0.1) is 11.8 Å². The Kier molecular flexibility index (Phi) is 5.11. The Morgan fingerprint density at radius 3 is 2.40 bits per heavy atom. The highest BCUT2D eigenvalue weighted by Gasteiger charge is 2.42. The van der Waals surface area contributed by atoms with E-state index in [0.29, 0.717) is 19.4 Å². The van der Waals surface area contributed by atoms with Crippen molar-refractivity contribution in [2.24, 2.45) is 11.8 Å². The van der Waals surface area contributed by atoms with Crippen LogP contribution in [0.5, 0.6) is 0 Å². The van der Waals surface area contributed by atoms with Crippen molar-refractivity contribution in [1.82, 2.24) is 15.3 Å². The van der Waals surface area contributed by atoms with Crippen molar-refractivity contribution in [2.75, 3.05) is 0 Å². The van der Waals surface area contributed by atoms with Gasteiger partial charge in [-0.2, -0.15) is 13.2 Å². The van der Waals surface area contributed by atoms with Gasteiger partial charge in [0.2, 0.25) is 5.91 Å².